The van der Waals surface area contributed by atoms with Gasteiger partial charge < -0.3 is 10.2 Å². The summed E-state index contributed by atoms with van der Waals surface area (Å²) >= 11 is 0. The zero-order chi connectivity index (χ0) is 16.7. The number of aliphatic hydroxyl groups excluding tert-OH is 2. The Morgan fingerprint density at radius 2 is 1.13 bits per heavy atom. The van der Waals surface area contributed by atoms with Crippen LogP contribution in [0, 0.1) is 17.3 Å². The van der Waals surface area contributed by atoms with Crippen molar-refractivity contribution in [3.8, 4) is 0 Å². The predicted molar refractivity (Wildman–Crippen MR) is 97.4 cm³/mol. The van der Waals surface area contributed by atoms with Crippen molar-refractivity contribution in [2.45, 2.75) is 116 Å². The zero-order valence-corrected chi connectivity index (χ0v) is 15.6. The Morgan fingerprint density at radius 1 is 0.696 bits per heavy atom. The van der Waals surface area contributed by atoms with Gasteiger partial charge in [0.15, 0.2) is 0 Å². The molecule has 2 saturated carbocycles. The maximum Gasteiger partial charge on any atom is 0.0540 e. The number of rotatable bonds is 8. The van der Waals surface area contributed by atoms with Crippen LogP contribution in [0.15, 0.2) is 0 Å². The van der Waals surface area contributed by atoms with Crippen LogP contribution in [0.5, 0.6) is 0 Å². The van der Waals surface area contributed by atoms with Gasteiger partial charge in [-0.2, -0.15) is 0 Å². The average molecular weight is 325 g/mol. The second-order valence-corrected chi connectivity index (χ2v) is 8.68. The molecule has 0 spiro atoms. The molecule has 0 heterocycles. The molecule has 0 bridgehead atoms. The van der Waals surface area contributed by atoms with E-state index < -0.39 is 0 Å². The van der Waals surface area contributed by atoms with Gasteiger partial charge in [0.2, 0.25) is 0 Å². The van der Waals surface area contributed by atoms with Crippen LogP contribution in [-0.4, -0.2) is 22.4 Å². The van der Waals surface area contributed by atoms with Gasteiger partial charge in [-0.3, -0.25) is 0 Å². The summed E-state index contributed by atoms with van der Waals surface area (Å²) in [4.78, 5) is 0. The fraction of sp³-hybridized carbons (Fsp3) is 1.00. The Morgan fingerprint density at radius 3 is 1.57 bits per heavy atom. The molecule has 2 heteroatoms. The first-order valence-electron chi connectivity index (χ1n) is 10.4. The number of hydrogen-bond acceptors (Lipinski definition) is 2. The van der Waals surface area contributed by atoms with Gasteiger partial charge in [0.05, 0.1) is 12.2 Å². The van der Waals surface area contributed by atoms with E-state index in [1.807, 2.05) is 0 Å². The summed E-state index contributed by atoms with van der Waals surface area (Å²) < 4.78 is 0. The Labute approximate surface area is 144 Å². The molecule has 0 aromatic rings. The number of hydrogen-bond donors (Lipinski definition) is 2. The van der Waals surface area contributed by atoms with Crippen LogP contribution in [0.4, 0.5) is 0 Å². The van der Waals surface area contributed by atoms with E-state index in [0.717, 1.165) is 37.5 Å². The van der Waals surface area contributed by atoms with Crippen molar-refractivity contribution in [1.29, 1.82) is 0 Å². The second kappa shape index (κ2) is 9.42. The largest absolute Gasteiger partial charge is 0.393 e. The minimum Gasteiger partial charge on any atom is -0.393 e. The first-order valence-corrected chi connectivity index (χ1v) is 10.4. The highest BCUT2D eigenvalue weighted by molar-refractivity contribution is 4.93. The summed E-state index contributed by atoms with van der Waals surface area (Å²) in [5.41, 5.74) is 0.437. The van der Waals surface area contributed by atoms with Crippen LogP contribution < -0.4 is 0 Å². The molecule has 136 valence electrons. The van der Waals surface area contributed by atoms with Crippen molar-refractivity contribution in [2.24, 2.45) is 17.3 Å². The molecule has 23 heavy (non-hydrogen) atoms. The van der Waals surface area contributed by atoms with Gasteiger partial charge in [0.25, 0.3) is 0 Å². The molecule has 2 aliphatic carbocycles. The first kappa shape index (κ1) is 19.2. The number of aliphatic hydroxyl groups is 2. The van der Waals surface area contributed by atoms with Gasteiger partial charge in [-0.1, -0.05) is 46.0 Å². The molecule has 2 aliphatic rings. The molecule has 0 saturated heterocycles. The van der Waals surface area contributed by atoms with Crippen molar-refractivity contribution in [1.82, 2.24) is 0 Å². The quantitative estimate of drug-likeness (QED) is 0.582. The summed E-state index contributed by atoms with van der Waals surface area (Å²) in [7, 11) is 0. The third kappa shape index (κ3) is 5.46. The normalized spacial score (nSPS) is 35.0. The van der Waals surface area contributed by atoms with Crippen molar-refractivity contribution in [3.63, 3.8) is 0 Å². The molecule has 2 fully saturated rings. The predicted octanol–water partition coefficient (Wildman–Crippen LogP) is 5.46. The van der Waals surface area contributed by atoms with E-state index in [9.17, 15) is 10.2 Å². The summed E-state index contributed by atoms with van der Waals surface area (Å²) in [5, 5.41) is 19.8. The molecule has 0 amide bonds. The fourth-order valence-corrected chi connectivity index (χ4v) is 5.32. The van der Waals surface area contributed by atoms with E-state index in [1.165, 1.54) is 64.2 Å². The summed E-state index contributed by atoms with van der Waals surface area (Å²) in [5.74, 6) is 1.58. The molecule has 2 nitrogen and oxygen atoms in total. The highest BCUT2D eigenvalue weighted by Gasteiger charge is 2.42. The molecule has 2 N–H and O–H groups in total. The van der Waals surface area contributed by atoms with Gasteiger partial charge in [-0.05, 0) is 75.0 Å². The molecule has 0 aromatic heterocycles. The van der Waals surface area contributed by atoms with E-state index in [-0.39, 0.29) is 12.2 Å². The van der Waals surface area contributed by atoms with Crippen LogP contribution in [0.2, 0.25) is 0 Å². The van der Waals surface area contributed by atoms with E-state index in [0.29, 0.717) is 5.41 Å². The van der Waals surface area contributed by atoms with Gasteiger partial charge in [0.1, 0.15) is 0 Å². The van der Waals surface area contributed by atoms with Crippen LogP contribution in [0.25, 0.3) is 0 Å². The van der Waals surface area contributed by atoms with Gasteiger partial charge in [0, 0.05) is 0 Å². The third-order valence-electron chi connectivity index (χ3n) is 7.08. The van der Waals surface area contributed by atoms with Crippen LogP contribution in [-0.2, 0) is 0 Å². The average Bonchev–Trinajstić information content (AvgIpc) is 2.55. The maximum atomic E-state index is 9.88. The van der Waals surface area contributed by atoms with E-state index in [2.05, 4.69) is 13.8 Å². The lowest BCUT2D eigenvalue weighted by Crippen LogP contribution is -2.40. The molecule has 0 aromatic carbocycles. The van der Waals surface area contributed by atoms with Gasteiger partial charge >= 0.3 is 0 Å². The zero-order valence-electron chi connectivity index (χ0n) is 15.6. The Kier molecular flexibility index (Phi) is 7.88. The third-order valence-corrected chi connectivity index (χ3v) is 7.08. The summed E-state index contributed by atoms with van der Waals surface area (Å²) in [6.45, 7) is 4.84. The topological polar surface area (TPSA) is 40.5 Å². The first-order chi connectivity index (χ1) is 11.1. The maximum absolute atomic E-state index is 9.88. The van der Waals surface area contributed by atoms with Gasteiger partial charge in [-0.25, -0.2) is 0 Å². The van der Waals surface area contributed by atoms with E-state index >= 15 is 0 Å². The molecular formula is C21H40O2. The Hall–Kier alpha value is -0.0800. The second-order valence-electron chi connectivity index (χ2n) is 8.68. The Bertz CT molecular complexity index is 290. The van der Waals surface area contributed by atoms with Gasteiger partial charge in [-0.15, -0.1) is 0 Å². The number of unbranched alkanes of at least 4 members (excludes halogenated alkanes) is 4. The van der Waals surface area contributed by atoms with Crippen molar-refractivity contribution >= 4 is 0 Å². The SMILES string of the molecule is CCCCCCCC(C)(C1CCC(O)CC1)C1CCC(O)CC1. The van der Waals surface area contributed by atoms with Crippen LogP contribution >= 0.6 is 0 Å². The van der Waals surface area contributed by atoms with Crippen LogP contribution in [0.1, 0.15) is 104 Å². The lowest BCUT2D eigenvalue weighted by Gasteiger charge is -2.48. The Balaban J connectivity index is 1.94. The van der Waals surface area contributed by atoms with Crippen LogP contribution in [0.3, 0.4) is 0 Å². The minimum atomic E-state index is -0.0479. The highest BCUT2D eigenvalue weighted by Crippen LogP contribution is 2.51. The lowest BCUT2D eigenvalue weighted by atomic mass is 9.57. The smallest absolute Gasteiger partial charge is 0.0540 e. The molecule has 0 radical (unpaired) electrons. The highest BCUT2D eigenvalue weighted by atomic mass is 16.3. The summed E-state index contributed by atoms with van der Waals surface area (Å²) in [6.07, 6.45) is 17.0. The molecular weight excluding hydrogens is 284 g/mol. The standard InChI is InChI=1S/C21H40O2/c1-3-4-5-6-7-16-21(2,17-8-12-19(22)13-9-17)18-10-14-20(23)15-11-18/h17-20,22-23H,3-16H2,1-2H3. The van der Waals surface area contributed by atoms with E-state index in [1.54, 1.807) is 0 Å². The van der Waals surface area contributed by atoms with Crippen molar-refractivity contribution in [3.05, 3.63) is 0 Å². The minimum absolute atomic E-state index is 0.0479. The summed E-state index contributed by atoms with van der Waals surface area (Å²) in [6, 6.07) is 0. The molecule has 0 atom stereocenters. The fourth-order valence-electron chi connectivity index (χ4n) is 5.32. The van der Waals surface area contributed by atoms with Crippen molar-refractivity contribution < 1.29 is 10.2 Å². The molecule has 0 aliphatic heterocycles. The monoisotopic (exact) mass is 324 g/mol. The van der Waals surface area contributed by atoms with Crippen molar-refractivity contribution in [2.75, 3.05) is 0 Å². The van der Waals surface area contributed by atoms with E-state index in [4.69, 9.17) is 0 Å². The molecule has 0 unspecified atom stereocenters. The molecule has 2 rings (SSSR count). The lowest BCUT2D eigenvalue weighted by molar-refractivity contribution is -0.0157.